The van der Waals surface area contributed by atoms with Crippen LogP contribution < -0.4 is 5.32 Å². The maximum absolute atomic E-state index is 4.62. The Morgan fingerprint density at radius 3 is 2.44 bits per heavy atom. The molecule has 4 rings (SSSR count). The summed E-state index contributed by atoms with van der Waals surface area (Å²) in [5, 5.41) is 7.92. The van der Waals surface area contributed by atoms with E-state index in [1.807, 2.05) is 42.5 Å². The topological polar surface area (TPSA) is 55.1 Å². The molecule has 1 unspecified atom stereocenters. The molecule has 0 amide bonds. The lowest BCUT2D eigenvalue weighted by Gasteiger charge is -2.19. The Kier molecular flexibility index (Phi) is 4.12. The molecule has 2 aromatic carbocycles. The van der Waals surface area contributed by atoms with Crippen LogP contribution in [0.4, 0.5) is 5.82 Å². The van der Waals surface area contributed by atoms with Crippen molar-refractivity contribution < 1.29 is 0 Å². The molecule has 0 radical (unpaired) electrons. The number of hydrogen-bond acceptors (Lipinski definition) is 4. The fraction of sp³-hybridized carbons (Fsp3) is 0.150. The van der Waals surface area contributed by atoms with Crippen molar-refractivity contribution in [3.63, 3.8) is 0 Å². The van der Waals surface area contributed by atoms with E-state index in [1.54, 1.807) is 4.52 Å². The third-order valence-corrected chi connectivity index (χ3v) is 4.25. The molecule has 1 atom stereocenters. The van der Waals surface area contributed by atoms with Gasteiger partial charge in [-0.15, -0.1) is 0 Å². The number of anilines is 1. The van der Waals surface area contributed by atoms with E-state index in [0.29, 0.717) is 5.78 Å². The van der Waals surface area contributed by atoms with Crippen LogP contribution in [0.2, 0.25) is 0 Å². The van der Waals surface area contributed by atoms with E-state index in [9.17, 15) is 0 Å². The highest BCUT2D eigenvalue weighted by Crippen LogP contribution is 2.26. The van der Waals surface area contributed by atoms with Crippen molar-refractivity contribution in [2.75, 3.05) is 5.32 Å². The SMILES string of the molecule is CCC(Nc1cc(-c2ccccc2)nc2ncnn12)c1ccccc1. The quantitative estimate of drug-likeness (QED) is 0.591. The Hall–Kier alpha value is -3.21. The van der Waals surface area contributed by atoms with Gasteiger partial charge in [0.25, 0.3) is 5.78 Å². The van der Waals surface area contributed by atoms with Gasteiger partial charge in [-0.3, -0.25) is 0 Å². The molecule has 4 aromatic rings. The first-order chi connectivity index (χ1) is 12.3. The number of benzene rings is 2. The minimum Gasteiger partial charge on any atom is -0.363 e. The molecule has 5 nitrogen and oxygen atoms in total. The van der Waals surface area contributed by atoms with Gasteiger partial charge in [0.05, 0.1) is 11.7 Å². The Morgan fingerprint density at radius 1 is 1.00 bits per heavy atom. The molecule has 0 aliphatic rings. The summed E-state index contributed by atoms with van der Waals surface area (Å²) in [6, 6.07) is 22.8. The summed E-state index contributed by atoms with van der Waals surface area (Å²) in [5.41, 5.74) is 3.19. The summed E-state index contributed by atoms with van der Waals surface area (Å²) in [4.78, 5) is 8.89. The fourth-order valence-electron chi connectivity index (χ4n) is 2.96. The predicted molar refractivity (Wildman–Crippen MR) is 99.3 cm³/mol. The maximum Gasteiger partial charge on any atom is 0.254 e. The van der Waals surface area contributed by atoms with Crippen LogP contribution in [0, 0.1) is 0 Å². The van der Waals surface area contributed by atoms with E-state index >= 15 is 0 Å². The van der Waals surface area contributed by atoms with E-state index < -0.39 is 0 Å². The molecule has 0 spiro atoms. The van der Waals surface area contributed by atoms with Crippen molar-refractivity contribution in [2.45, 2.75) is 19.4 Å². The largest absolute Gasteiger partial charge is 0.363 e. The van der Waals surface area contributed by atoms with Crippen LogP contribution in [0.5, 0.6) is 0 Å². The zero-order valence-corrected chi connectivity index (χ0v) is 14.0. The molecule has 0 bridgehead atoms. The molecule has 2 aromatic heterocycles. The minimum atomic E-state index is 0.194. The summed E-state index contributed by atoms with van der Waals surface area (Å²) in [7, 11) is 0. The molecule has 0 saturated heterocycles. The molecular formula is C20H19N5. The molecule has 0 aliphatic carbocycles. The third-order valence-electron chi connectivity index (χ3n) is 4.25. The lowest BCUT2D eigenvalue weighted by atomic mass is 10.0. The van der Waals surface area contributed by atoms with Crippen LogP contribution in [-0.2, 0) is 0 Å². The molecular weight excluding hydrogens is 310 g/mol. The highest BCUT2D eigenvalue weighted by Gasteiger charge is 2.14. The number of aromatic nitrogens is 4. The highest BCUT2D eigenvalue weighted by molar-refractivity contribution is 5.65. The van der Waals surface area contributed by atoms with Gasteiger partial charge in [-0.25, -0.2) is 4.98 Å². The Labute approximate surface area is 146 Å². The van der Waals surface area contributed by atoms with Crippen LogP contribution in [0.25, 0.3) is 17.0 Å². The standard InChI is InChI=1S/C20H19N5/c1-2-17(15-9-5-3-6-10-15)23-19-13-18(16-11-7-4-8-12-16)24-20-21-14-22-25(19)20/h3-14,17,23H,2H2,1H3. The number of rotatable bonds is 5. The zero-order valence-electron chi connectivity index (χ0n) is 14.0. The Morgan fingerprint density at radius 2 is 1.72 bits per heavy atom. The number of nitrogens with one attached hydrogen (secondary N) is 1. The lowest BCUT2D eigenvalue weighted by molar-refractivity contribution is 0.735. The Bertz CT molecular complexity index is 963. The summed E-state index contributed by atoms with van der Waals surface area (Å²) < 4.78 is 1.75. The molecule has 5 heteroatoms. The first-order valence-electron chi connectivity index (χ1n) is 8.43. The third kappa shape index (κ3) is 3.08. The van der Waals surface area contributed by atoms with Crippen LogP contribution in [0.15, 0.2) is 73.1 Å². The van der Waals surface area contributed by atoms with Gasteiger partial charge < -0.3 is 5.32 Å². The second kappa shape index (κ2) is 6.73. The van der Waals surface area contributed by atoms with Crippen molar-refractivity contribution >= 4 is 11.6 Å². The van der Waals surface area contributed by atoms with Crippen LogP contribution >= 0.6 is 0 Å². The summed E-state index contributed by atoms with van der Waals surface area (Å²) in [6.45, 7) is 2.17. The van der Waals surface area contributed by atoms with Gasteiger partial charge in [0, 0.05) is 11.6 Å². The van der Waals surface area contributed by atoms with Crippen molar-refractivity contribution in [1.29, 1.82) is 0 Å². The smallest absolute Gasteiger partial charge is 0.254 e. The van der Waals surface area contributed by atoms with Crippen LogP contribution in [0.1, 0.15) is 24.9 Å². The van der Waals surface area contributed by atoms with Crippen molar-refractivity contribution in [3.8, 4) is 11.3 Å². The van der Waals surface area contributed by atoms with Crippen LogP contribution in [-0.4, -0.2) is 19.6 Å². The molecule has 0 aliphatic heterocycles. The van der Waals surface area contributed by atoms with Gasteiger partial charge in [-0.2, -0.15) is 14.6 Å². The number of hydrogen-bond donors (Lipinski definition) is 1. The number of nitrogens with zero attached hydrogens (tertiary/aromatic N) is 4. The van der Waals surface area contributed by atoms with Gasteiger partial charge in [-0.05, 0) is 12.0 Å². The van der Waals surface area contributed by atoms with Crippen molar-refractivity contribution in [2.24, 2.45) is 0 Å². The second-order valence-corrected chi connectivity index (χ2v) is 5.88. The summed E-state index contributed by atoms with van der Waals surface area (Å²) in [6.07, 6.45) is 2.49. The average Bonchev–Trinajstić information content (AvgIpc) is 3.16. The van der Waals surface area contributed by atoms with Gasteiger partial charge in [0.2, 0.25) is 0 Å². The predicted octanol–water partition coefficient (Wildman–Crippen LogP) is 4.35. The van der Waals surface area contributed by atoms with Gasteiger partial charge in [-0.1, -0.05) is 67.6 Å². The first-order valence-corrected chi connectivity index (χ1v) is 8.43. The monoisotopic (exact) mass is 329 g/mol. The minimum absolute atomic E-state index is 0.194. The van der Waals surface area contributed by atoms with E-state index in [0.717, 1.165) is 23.5 Å². The van der Waals surface area contributed by atoms with Crippen LogP contribution in [0.3, 0.4) is 0 Å². The summed E-state index contributed by atoms with van der Waals surface area (Å²) in [5.74, 6) is 1.48. The Balaban J connectivity index is 1.77. The zero-order chi connectivity index (χ0) is 17.1. The van der Waals surface area contributed by atoms with E-state index in [2.05, 4.69) is 51.6 Å². The fourth-order valence-corrected chi connectivity index (χ4v) is 2.96. The van der Waals surface area contributed by atoms with E-state index in [-0.39, 0.29) is 6.04 Å². The maximum atomic E-state index is 4.62. The summed E-state index contributed by atoms with van der Waals surface area (Å²) >= 11 is 0. The lowest BCUT2D eigenvalue weighted by Crippen LogP contribution is -2.13. The van der Waals surface area contributed by atoms with E-state index in [1.165, 1.54) is 11.9 Å². The first kappa shape index (κ1) is 15.3. The highest BCUT2D eigenvalue weighted by atomic mass is 15.4. The van der Waals surface area contributed by atoms with Gasteiger partial charge in [0.15, 0.2) is 0 Å². The van der Waals surface area contributed by atoms with Crippen molar-refractivity contribution in [1.82, 2.24) is 19.6 Å². The molecule has 0 saturated carbocycles. The average molecular weight is 329 g/mol. The molecule has 124 valence electrons. The van der Waals surface area contributed by atoms with Gasteiger partial charge >= 0.3 is 0 Å². The van der Waals surface area contributed by atoms with Gasteiger partial charge in [0.1, 0.15) is 12.1 Å². The van der Waals surface area contributed by atoms with Crippen molar-refractivity contribution in [3.05, 3.63) is 78.6 Å². The van der Waals surface area contributed by atoms with E-state index in [4.69, 9.17) is 0 Å². The second-order valence-electron chi connectivity index (χ2n) is 5.88. The molecule has 1 N–H and O–H groups in total. The normalized spacial score (nSPS) is 12.2. The number of fused-ring (bicyclic) bond motifs is 1. The molecule has 2 heterocycles. The molecule has 25 heavy (non-hydrogen) atoms. The molecule has 0 fully saturated rings.